The van der Waals surface area contributed by atoms with Crippen molar-refractivity contribution in [2.45, 2.75) is 33.2 Å². The van der Waals surface area contributed by atoms with Gasteiger partial charge in [0.25, 0.3) is 0 Å². The van der Waals surface area contributed by atoms with Crippen LogP contribution in [-0.2, 0) is 4.79 Å². The largest absolute Gasteiger partial charge is 0.381 e. The average Bonchev–Trinajstić information content (AvgIpc) is 2.41. The minimum atomic E-state index is 0.00455. The number of anilines is 2. The highest BCUT2D eigenvalue weighted by molar-refractivity contribution is 5.92. The summed E-state index contributed by atoms with van der Waals surface area (Å²) >= 11 is 0. The van der Waals surface area contributed by atoms with Crippen molar-refractivity contribution >= 4 is 17.3 Å². The molecule has 1 heterocycles. The molecule has 0 aliphatic carbocycles. The van der Waals surface area contributed by atoms with Gasteiger partial charge >= 0.3 is 0 Å². The number of carbonyl (C=O) groups excluding carboxylic acids is 1. The summed E-state index contributed by atoms with van der Waals surface area (Å²) in [6.07, 6.45) is 3.98. The molecule has 1 aromatic heterocycles. The zero-order valence-electron chi connectivity index (χ0n) is 12.7. The second kappa shape index (κ2) is 6.88. The van der Waals surface area contributed by atoms with Crippen LogP contribution in [0.3, 0.4) is 0 Å². The van der Waals surface area contributed by atoms with Crippen molar-refractivity contribution < 1.29 is 4.79 Å². The highest BCUT2D eigenvalue weighted by Crippen LogP contribution is 2.14. The molecular formula is C17H21N3O. The van der Waals surface area contributed by atoms with E-state index in [0.717, 1.165) is 22.5 Å². The molecule has 0 aliphatic heterocycles. The maximum absolute atomic E-state index is 12.1. The van der Waals surface area contributed by atoms with Crippen LogP contribution >= 0.6 is 0 Å². The van der Waals surface area contributed by atoms with Crippen molar-refractivity contribution in [2.24, 2.45) is 0 Å². The average molecular weight is 283 g/mol. The van der Waals surface area contributed by atoms with Crippen molar-refractivity contribution in [3.63, 3.8) is 0 Å². The number of carbonyl (C=O) groups is 1. The summed E-state index contributed by atoms with van der Waals surface area (Å²) in [6.45, 7) is 5.96. The van der Waals surface area contributed by atoms with Gasteiger partial charge in [0.2, 0.25) is 5.91 Å². The molecule has 0 fully saturated rings. The van der Waals surface area contributed by atoms with Crippen molar-refractivity contribution in [2.75, 3.05) is 10.6 Å². The summed E-state index contributed by atoms with van der Waals surface area (Å²) in [5, 5.41) is 6.23. The fourth-order valence-corrected chi connectivity index (χ4v) is 2.16. The van der Waals surface area contributed by atoms with Gasteiger partial charge in [-0.2, -0.15) is 0 Å². The van der Waals surface area contributed by atoms with E-state index in [1.807, 2.05) is 51.1 Å². The van der Waals surface area contributed by atoms with Crippen molar-refractivity contribution in [1.29, 1.82) is 0 Å². The summed E-state index contributed by atoms with van der Waals surface area (Å²) in [7, 11) is 0. The Labute approximate surface area is 125 Å². The van der Waals surface area contributed by atoms with Crippen molar-refractivity contribution in [3.8, 4) is 0 Å². The van der Waals surface area contributed by atoms with E-state index >= 15 is 0 Å². The zero-order chi connectivity index (χ0) is 15.2. The van der Waals surface area contributed by atoms with E-state index in [4.69, 9.17) is 0 Å². The topological polar surface area (TPSA) is 54.0 Å². The number of para-hydroxylation sites is 1. The highest BCUT2D eigenvalue weighted by Gasteiger charge is 2.10. The summed E-state index contributed by atoms with van der Waals surface area (Å²) in [6, 6.07) is 9.83. The molecule has 1 aromatic carbocycles. The second-order valence-electron chi connectivity index (χ2n) is 5.36. The fourth-order valence-electron chi connectivity index (χ4n) is 2.16. The van der Waals surface area contributed by atoms with Gasteiger partial charge in [-0.3, -0.25) is 9.78 Å². The maximum Gasteiger partial charge on any atom is 0.226 e. The number of hydrogen-bond donors (Lipinski definition) is 2. The lowest BCUT2D eigenvalue weighted by Crippen LogP contribution is -2.24. The van der Waals surface area contributed by atoms with Gasteiger partial charge in [-0.05, 0) is 44.0 Å². The number of hydrogen-bond acceptors (Lipinski definition) is 3. The Hall–Kier alpha value is -2.36. The van der Waals surface area contributed by atoms with E-state index in [1.165, 1.54) is 0 Å². The molecule has 0 spiro atoms. The number of benzene rings is 1. The van der Waals surface area contributed by atoms with Crippen LogP contribution in [0.2, 0.25) is 0 Å². The number of pyridine rings is 1. The van der Waals surface area contributed by atoms with Crippen molar-refractivity contribution in [3.05, 3.63) is 53.9 Å². The summed E-state index contributed by atoms with van der Waals surface area (Å²) in [5.41, 5.74) is 3.96. The lowest BCUT2D eigenvalue weighted by Gasteiger charge is -2.15. The van der Waals surface area contributed by atoms with Crippen LogP contribution in [0.1, 0.15) is 24.5 Å². The summed E-state index contributed by atoms with van der Waals surface area (Å²) < 4.78 is 0. The normalized spacial score (nSPS) is 11.8. The minimum absolute atomic E-state index is 0.00455. The molecule has 0 aliphatic rings. The molecule has 110 valence electrons. The second-order valence-corrected chi connectivity index (χ2v) is 5.36. The lowest BCUT2D eigenvalue weighted by atomic mass is 10.1. The number of aryl methyl sites for hydroxylation is 2. The molecule has 0 bridgehead atoms. The third kappa shape index (κ3) is 4.60. The molecule has 1 unspecified atom stereocenters. The number of aromatic nitrogens is 1. The van der Waals surface area contributed by atoms with E-state index in [0.29, 0.717) is 6.42 Å². The molecule has 4 nitrogen and oxygen atoms in total. The van der Waals surface area contributed by atoms with Crippen molar-refractivity contribution in [1.82, 2.24) is 4.98 Å². The molecule has 2 N–H and O–H groups in total. The third-order valence-corrected chi connectivity index (χ3v) is 3.20. The van der Waals surface area contributed by atoms with E-state index in [-0.39, 0.29) is 11.9 Å². The third-order valence-electron chi connectivity index (χ3n) is 3.20. The molecular weight excluding hydrogens is 262 g/mol. The molecule has 0 saturated heterocycles. The van der Waals surface area contributed by atoms with Gasteiger partial charge in [-0.25, -0.2) is 0 Å². The van der Waals surface area contributed by atoms with Gasteiger partial charge in [0.15, 0.2) is 0 Å². The lowest BCUT2D eigenvalue weighted by molar-refractivity contribution is -0.116. The Morgan fingerprint density at radius 1 is 1.24 bits per heavy atom. The first-order valence-corrected chi connectivity index (χ1v) is 7.08. The first-order chi connectivity index (χ1) is 10.0. The highest BCUT2D eigenvalue weighted by atomic mass is 16.1. The zero-order valence-corrected chi connectivity index (χ0v) is 12.7. The summed E-state index contributed by atoms with van der Waals surface area (Å²) in [5.74, 6) is 0.00455. The Morgan fingerprint density at radius 3 is 2.71 bits per heavy atom. The monoisotopic (exact) mass is 283 g/mol. The molecule has 0 saturated carbocycles. The number of amides is 1. The first kappa shape index (κ1) is 15.0. The maximum atomic E-state index is 12.1. The molecule has 4 heteroatoms. The Morgan fingerprint density at radius 2 is 2.00 bits per heavy atom. The summed E-state index contributed by atoms with van der Waals surface area (Å²) in [4.78, 5) is 16.2. The molecule has 0 radical (unpaired) electrons. The van der Waals surface area contributed by atoms with Crippen LogP contribution in [0.15, 0.2) is 42.7 Å². The fraction of sp³-hybridized carbons (Fsp3) is 0.294. The van der Waals surface area contributed by atoms with Crippen LogP contribution in [0.4, 0.5) is 11.4 Å². The predicted molar refractivity (Wildman–Crippen MR) is 86.5 cm³/mol. The van der Waals surface area contributed by atoms with E-state index < -0.39 is 0 Å². The van der Waals surface area contributed by atoms with Crippen LogP contribution in [0.25, 0.3) is 0 Å². The van der Waals surface area contributed by atoms with Gasteiger partial charge in [0, 0.05) is 30.5 Å². The van der Waals surface area contributed by atoms with Gasteiger partial charge in [0.05, 0.1) is 5.69 Å². The first-order valence-electron chi connectivity index (χ1n) is 7.08. The van der Waals surface area contributed by atoms with E-state index in [2.05, 4.69) is 15.6 Å². The van der Waals surface area contributed by atoms with Gasteiger partial charge < -0.3 is 10.6 Å². The predicted octanol–water partition coefficient (Wildman–Crippen LogP) is 3.53. The molecule has 1 atom stereocenters. The Balaban J connectivity index is 1.89. The van der Waals surface area contributed by atoms with Crippen LogP contribution in [0.5, 0.6) is 0 Å². The van der Waals surface area contributed by atoms with Gasteiger partial charge in [-0.15, -0.1) is 0 Å². The van der Waals surface area contributed by atoms with Crippen LogP contribution in [0, 0.1) is 13.8 Å². The quantitative estimate of drug-likeness (QED) is 0.882. The Kier molecular flexibility index (Phi) is 4.93. The number of nitrogens with zero attached hydrogens (tertiary/aromatic N) is 1. The SMILES string of the molecule is Cc1cncc(NC(C)CC(=O)Nc2ccccc2C)c1. The Bertz CT molecular complexity index is 625. The van der Waals surface area contributed by atoms with Gasteiger partial charge in [0.1, 0.15) is 0 Å². The van der Waals surface area contributed by atoms with Gasteiger partial charge in [-0.1, -0.05) is 18.2 Å². The molecule has 2 rings (SSSR count). The molecule has 21 heavy (non-hydrogen) atoms. The smallest absolute Gasteiger partial charge is 0.226 e. The molecule has 1 amide bonds. The number of rotatable bonds is 5. The van der Waals surface area contributed by atoms with Crippen LogP contribution in [-0.4, -0.2) is 16.9 Å². The van der Waals surface area contributed by atoms with E-state index in [1.54, 1.807) is 12.4 Å². The van der Waals surface area contributed by atoms with Crippen LogP contribution < -0.4 is 10.6 Å². The minimum Gasteiger partial charge on any atom is -0.381 e. The standard InChI is InChI=1S/C17H21N3O/c1-12-8-15(11-18-10-12)19-14(3)9-17(21)20-16-7-5-4-6-13(16)2/h4-8,10-11,14,19H,9H2,1-3H3,(H,20,21). The van der Waals surface area contributed by atoms with E-state index in [9.17, 15) is 4.79 Å². The molecule has 2 aromatic rings. The number of nitrogens with one attached hydrogen (secondary N) is 2.